The van der Waals surface area contributed by atoms with Crippen molar-refractivity contribution in [3.8, 4) is 17.2 Å². The molecule has 0 aliphatic heterocycles. The van der Waals surface area contributed by atoms with E-state index in [1.807, 2.05) is 54.1 Å². The van der Waals surface area contributed by atoms with Gasteiger partial charge in [-0.25, -0.2) is 9.78 Å². The normalized spacial score (nSPS) is 11.7. The molecule has 4 aromatic rings. The molecule has 0 aliphatic rings. The molecule has 0 radical (unpaired) electrons. The van der Waals surface area contributed by atoms with Crippen molar-refractivity contribution in [2.75, 3.05) is 0 Å². The van der Waals surface area contributed by atoms with Gasteiger partial charge in [0, 0.05) is 18.5 Å². The van der Waals surface area contributed by atoms with E-state index in [-0.39, 0.29) is 0 Å². The third-order valence-electron chi connectivity index (χ3n) is 5.00. The van der Waals surface area contributed by atoms with E-state index < -0.39 is 11.6 Å². The van der Waals surface area contributed by atoms with Crippen LogP contribution in [0.5, 0.6) is 5.75 Å². The monoisotopic (exact) mass is 405 g/mol. The van der Waals surface area contributed by atoms with E-state index >= 15 is 0 Å². The van der Waals surface area contributed by atoms with Crippen LogP contribution in [0.3, 0.4) is 0 Å². The van der Waals surface area contributed by atoms with Gasteiger partial charge in [0.2, 0.25) is 5.89 Å². The zero-order valence-corrected chi connectivity index (χ0v) is 17.1. The fourth-order valence-corrected chi connectivity index (χ4v) is 3.24. The van der Waals surface area contributed by atoms with Crippen LogP contribution in [0.15, 0.2) is 59.1 Å². The molecule has 0 atom stereocenters. The standard InChI is InChI=1S/C23H23N3O4/c1-15-18(25-21(29-15)16-8-5-4-6-9-16)12-13-26-19-10-7-11-20(17(19)14-24-26)30-23(2,3)22(27)28/h4-11,14H,12-13H2,1-3H3,(H,27,28). The molecular formula is C23H23N3O4. The molecule has 2 aromatic heterocycles. The molecule has 0 saturated heterocycles. The molecule has 0 unspecified atom stereocenters. The van der Waals surface area contributed by atoms with Crippen LogP contribution in [0.25, 0.3) is 22.4 Å². The smallest absolute Gasteiger partial charge is 0.347 e. The molecule has 0 fully saturated rings. The van der Waals surface area contributed by atoms with Gasteiger partial charge in [0.05, 0.1) is 22.8 Å². The lowest BCUT2D eigenvalue weighted by atomic mass is 10.1. The minimum Gasteiger partial charge on any atom is -0.478 e. The van der Waals surface area contributed by atoms with Gasteiger partial charge < -0.3 is 14.3 Å². The predicted octanol–water partition coefficient (Wildman–Crippen LogP) is 4.48. The highest BCUT2D eigenvalue weighted by molar-refractivity contribution is 5.86. The van der Waals surface area contributed by atoms with Gasteiger partial charge >= 0.3 is 5.97 Å². The summed E-state index contributed by atoms with van der Waals surface area (Å²) in [6, 6.07) is 15.3. The molecule has 154 valence electrons. The number of benzene rings is 2. The summed E-state index contributed by atoms with van der Waals surface area (Å²) in [6.07, 6.45) is 2.36. The number of hydrogen-bond acceptors (Lipinski definition) is 5. The number of aryl methyl sites for hydroxylation is 3. The average Bonchev–Trinajstić information content (AvgIpc) is 3.31. The number of hydrogen-bond donors (Lipinski definition) is 1. The maximum Gasteiger partial charge on any atom is 0.347 e. The number of aliphatic carboxylic acids is 1. The number of rotatable bonds is 7. The molecule has 7 nitrogen and oxygen atoms in total. The molecular weight excluding hydrogens is 382 g/mol. The number of nitrogens with zero attached hydrogens (tertiary/aromatic N) is 3. The van der Waals surface area contributed by atoms with Gasteiger partial charge in [-0.1, -0.05) is 24.3 Å². The van der Waals surface area contributed by atoms with Gasteiger partial charge in [-0.15, -0.1) is 0 Å². The number of carbonyl (C=O) groups is 1. The van der Waals surface area contributed by atoms with Crippen molar-refractivity contribution >= 4 is 16.9 Å². The largest absolute Gasteiger partial charge is 0.478 e. The second-order valence-corrected chi connectivity index (χ2v) is 7.61. The molecule has 0 amide bonds. The summed E-state index contributed by atoms with van der Waals surface area (Å²) in [5, 5.41) is 14.6. The lowest BCUT2D eigenvalue weighted by molar-refractivity contribution is -0.152. The maximum absolute atomic E-state index is 11.4. The van der Waals surface area contributed by atoms with E-state index in [1.54, 1.807) is 12.3 Å². The van der Waals surface area contributed by atoms with Gasteiger partial charge in [0.25, 0.3) is 0 Å². The van der Waals surface area contributed by atoms with E-state index in [0.717, 1.165) is 27.9 Å². The SMILES string of the molecule is Cc1oc(-c2ccccc2)nc1CCn1ncc2c(OC(C)(C)C(=O)O)cccc21. The number of carboxylic acids is 1. The lowest BCUT2D eigenvalue weighted by Gasteiger charge is -2.21. The molecule has 0 aliphatic carbocycles. The van der Waals surface area contributed by atoms with Crippen molar-refractivity contribution in [2.45, 2.75) is 39.3 Å². The molecule has 2 heterocycles. The summed E-state index contributed by atoms with van der Waals surface area (Å²) in [5.41, 5.74) is 1.37. The first-order valence-electron chi connectivity index (χ1n) is 9.74. The Morgan fingerprint density at radius 2 is 1.93 bits per heavy atom. The minimum atomic E-state index is -1.33. The molecule has 1 N–H and O–H groups in total. The fraction of sp³-hybridized carbons (Fsp3) is 0.261. The van der Waals surface area contributed by atoms with Crippen molar-refractivity contribution in [1.82, 2.24) is 14.8 Å². The molecule has 4 rings (SSSR count). The Labute approximate surface area is 173 Å². The van der Waals surface area contributed by atoms with Crippen molar-refractivity contribution in [2.24, 2.45) is 0 Å². The zero-order valence-electron chi connectivity index (χ0n) is 17.1. The van der Waals surface area contributed by atoms with Crippen LogP contribution >= 0.6 is 0 Å². The van der Waals surface area contributed by atoms with Gasteiger partial charge in [0.15, 0.2) is 5.60 Å². The van der Waals surface area contributed by atoms with Crippen LogP contribution in [0.2, 0.25) is 0 Å². The second-order valence-electron chi connectivity index (χ2n) is 7.61. The molecule has 0 bridgehead atoms. The van der Waals surface area contributed by atoms with Crippen LogP contribution in [-0.2, 0) is 17.8 Å². The van der Waals surface area contributed by atoms with Gasteiger partial charge in [-0.05, 0) is 45.0 Å². The Morgan fingerprint density at radius 3 is 2.67 bits per heavy atom. The van der Waals surface area contributed by atoms with Crippen LogP contribution in [0.1, 0.15) is 25.3 Å². The fourth-order valence-electron chi connectivity index (χ4n) is 3.24. The maximum atomic E-state index is 11.4. The Bertz CT molecular complexity index is 1190. The van der Waals surface area contributed by atoms with Crippen molar-refractivity contribution in [1.29, 1.82) is 0 Å². The summed E-state index contributed by atoms with van der Waals surface area (Å²) >= 11 is 0. The Kier molecular flexibility index (Phi) is 5.03. The lowest BCUT2D eigenvalue weighted by Crippen LogP contribution is -2.37. The average molecular weight is 405 g/mol. The zero-order chi connectivity index (χ0) is 21.3. The summed E-state index contributed by atoms with van der Waals surface area (Å²) in [7, 11) is 0. The number of carboxylic acid groups (broad SMARTS) is 1. The molecule has 0 spiro atoms. The van der Waals surface area contributed by atoms with Crippen molar-refractivity contribution in [3.63, 3.8) is 0 Å². The summed E-state index contributed by atoms with van der Waals surface area (Å²) in [6.45, 7) is 5.57. The van der Waals surface area contributed by atoms with E-state index in [2.05, 4.69) is 10.1 Å². The van der Waals surface area contributed by atoms with E-state index in [0.29, 0.717) is 24.6 Å². The van der Waals surface area contributed by atoms with Crippen LogP contribution < -0.4 is 4.74 Å². The van der Waals surface area contributed by atoms with Crippen LogP contribution in [-0.4, -0.2) is 31.4 Å². The third kappa shape index (κ3) is 3.78. The topological polar surface area (TPSA) is 90.4 Å². The number of fused-ring (bicyclic) bond motifs is 1. The number of aromatic nitrogens is 3. The van der Waals surface area contributed by atoms with E-state index in [4.69, 9.17) is 9.15 Å². The first-order chi connectivity index (χ1) is 14.3. The van der Waals surface area contributed by atoms with Gasteiger partial charge in [-0.3, -0.25) is 4.68 Å². The van der Waals surface area contributed by atoms with Crippen molar-refractivity contribution in [3.05, 3.63) is 66.2 Å². The number of ether oxygens (including phenoxy) is 1. The number of oxazole rings is 1. The molecule has 2 aromatic carbocycles. The van der Waals surface area contributed by atoms with E-state index in [1.165, 1.54) is 13.8 Å². The van der Waals surface area contributed by atoms with Gasteiger partial charge in [-0.2, -0.15) is 5.10 Å². The Morgan fingerprint density at radius 1 is 1.17 bits per heavy atom. The summed E-state index contributed by atoms with van der Waals surface area (Å²) < 4.78 is 13.4. The highest BCUT2D eigenvalue weighted by atomic mass is 16.5. The predicted molar refractivity (Wildman–Crippen MR) is 112 cm³/mol. The van der Waals surface area contributed by atoms with Crippen molar-refractivity contribution < 1.29 is 19.1 Å². The summed E-state index contributed by atoms with van der Waals surface area (Å²) in [5.74, 6) is 0.871. The first-order valence-corrected chi connectivity index (χ1v) is 9.74. The highest BCUT2D eigenvalue weighted by Gasteiger charge is 2.30. The molecule has 7 heteroatoms. The Balaban J connectivity index is 1.55. The first kappa shape index (κ1) is 19.7. The van der Waals surface area contributed by atoms with Gasteiger partial charge in [0.1, 0.15) is 11.5 Å². The molecule has 30 heavy (non-hydrogen) atoms. The highest BCUT2D eigenvalue weighted by Crippen LogP contribution is 2.29. The Hall–Kier alpha value is -3.61. The molecule has 0 saturated carbocycles. The quantitative estimate of drug-likeness (QED) is 0.487. The minimum absolute atomic E-state index is 0.495. The second kappa shape index (κ2) is 7.67. The third-order valence-corrected chi connectivity index (χ3v) is 5.00. The van der Waals surface area contributed by atoms with E-state index in [9.17, 15) is 9.90 Å². The van der Waals surface area contributed by atoms with Crippen LogP contribution in [0.4, 0.5) is 0 Å². The van der Waals surface area contributed by atoms with Crippen LogP contribution in [0, 0.1) is 6.92 Å². The summed E-state index contributed by atoms with van der Waals surface area (Å²) in [4.78, 5) is 16.0.